The number of amides is 1. The summed E-state index contributed by atoms with van der Waals surface area (Å²) in [6.07, 6.45) is 1.61. The van der Waals surface area contributed by atoms with Gasteiger partial charge in [0.2, 0.25) is 5.91 Å². The molecule has 1 atom stereocenters. The van der Waals surface area contributed by atoms with E-state index in [0.29, 0.717) is 5.69 Å². The summed E-state index contributed by atoms with van der Waals surface area (Å²) in [5.41, 5.74) is 8.11. The van der Waals surface area contributed by atoms with Crippen LogP contribution in [0.15, 0.2) is 30.5 Å². The van der Waals surface area contributed by atoms with E-state index in [9.17, 15) is 4.79 Å². The number of pyridine rings is 1. The summed E-state index contributed by atoms with van der Waals surface area (Å²) in [6.45, 7) is 5.67. The van der Waals surface area contributed by atoms with Crippen molar-refractivity contribution >= 4 is 28.2 Å². The van der Waals surface area contributed by atoms with Crippen molar-refractivity contribution in [3.05, 3.63) is 30.5 Å². The van der Waals surface area contributed by atoms with Gasteiger partial charge >= 0.3 is 0 Å². The average molecular weight is 272 g/mol. The number of anilines is 2. The highest BCUT2D eigenvalue weighted by Gasteiger charge is 2.16. The Morgan fingerprint density at radius 2 is 1.95 bits per heavy atom. The Morgan fingerprint density at radius 1 is 1.25 bits per heavy atom. The first kappa shape index (κ1) is 14.1. The fourth-order valence-corrected chi connectivity index (χ4v) is 2.01. The maximum atomic E-state index is 12.0. The second kappa shape index (κ2) is 5.77. The molecular weight excluding hydrogens is 252 g/mol. The van der Waals surface area contributed by atoms with Crippen LogP contribution in [0.5, 0.6) is 0 Å². The number of para-hydroxylation sites is 1. The number of nitrogen functional groups attached to an aromatic ring is 1. The first-order valence-electron chi connectivity index (χ1n) is 6.69. The SMILES string of the molecule is CC(C)NC(=O)C(C)Nc1c(N)cnc2ccccc12. The van der Waals surface area contributed by atoms with Gasteiger partial charge in [-0.25, -0.2) is 0 Å². The van der Waals surface area contributed by atoms with Crippen LogP contribution in [0.25, 0.3) is 10.9 Å². The normalized spacial score (nSPS) is 12.4. The maximum Gasteiger partial charge on any atom is 0.242 e. The number of aromatic nitrogens is 1. The average Bonchev–Trinajstić information content (AvgIpc) is 2.41. The molecule has 1 aromatic heterocycles. The molecule has 5 heteroatoms. The molecule has 0 aliphatic carbocycles. The van der Waals surface area contributed by atoms with E-state index in [2.05, 4.69) is 15.6 Å². The van der Waals surface area contributed by atoms with Gasteiger partial charge in [0.1, 0.15) is 6.04 Å². The third kappa shape index (κ3) is 2.99. The lowest BCUT2D eigenvalue weighted by molar-refractivity contribution is -0.121. The van der Waals surface area contributed by atoms with E-state index in [1.54, 1.807) is 6.20 Å². The predicted octanol–water partition coefficient (Wildman–Crippen LogP) is 2.14. The Hall–Kier alpha value is -2.30. The topological polar surface area (TPSA) is 80.0 Å². The van der Waals surface area contributed by atoms with Crippen LogP contribution < -0.4 is 16.4 Å². The number of nitrogens with zero attached hydrogens (tertiary/aromatic N) is 1. The molecule has 4 N–H and O–H groups in total. The van der Waals surface area contributed by atoms with E-state index in [0.717, 1.165) is 16.6 Å². The summed E-state index contributed by atoms with van der Waals surface area (Å²) in [7, 11) is 0. The third-order valence-corrected chi connectivity index (χ3v) is 2.99. The molecule has 0 aliphatic rings. The minimum atomic E-state index is -0.370. The number of rotatable bonds is 4. The summed E-state index contributed by atoms with van der Waals surface area (Å²) in [6, 6.07) is 7.44. The van der Waals surface area contributed by atoms with Crippen molar-refractivity contribution < 1.29 is 4.79 Å². The highest BCUT2D eigenvalue weighted by atomic mass is 16.2. The summed E-state index contributed by atoms with van der Waals surface area (Å²) in [5.74, 6) is -0.0553. The van der Waals surface area contributed by atoms with Crippen LogP contribution in [0.1, 0.15) is 20.8 Å². The Bertz CT molecular complexity index is 624. The van der Waals surface area contributed by atoms with Crippen LogP contribution >= 0.6 is 0 Å². The van der Waals surface area contributed by atoms with Gasteiger partial charge in [0.15, 0.2) is 0 Å². The molecule has 5 nitrogen and oxygen atoms in total. The number of carbonyl (C=O) groups excluding carboxylic acids is 1. The van der Waals surface area contributed by atoms with Crippen LogP contribution in [0.2, 0.25) is 0 Å². The third-order valence-electron chi connectivity index (χ3n) is 2.99. The Balaban J connectivity index is 2.29. The fourth-order valence-electron chi connectivity index (χ4n) is 2.01. The monoisotopic (exact) mass is 272 g/mol. The van der Waals surface area contributed by atoms with Gasteiger partial charge in [-0.05, 0) is 26.8 Å². The smallest absolute Gasteiger partial charge is 0.242 e. The largest absolute Gasteiger partial charge is 0.396 e. The van der Waals surface area contributed by atoms with Gasteiger partial charge in [0.05, 0.1) is 23.1 Å². The van der Waals surface area contributed by atoms with Crippen LogP contribution in [0.4, 0.5) is 11.4 Å². The van der Waals surface area contributed by atoms with Gasteiger partial charge in [-0.2, -0.15) is 0 Å². The molecule has 0 bridgehead atoms. The molecule has 1 heterocycles. The number of carbonyl (C=O) groups is 1. The standard InChI is InChI=1S/C15H20N4O/c1-9(2)18-15(20)10(3)19-14-11-6-4-5-7-13(11)17-8-12(14)16/h4-10H,16H2,1-3H3,(H,17,19)(H,18,20). The van der Waals surface area contributed by atoms with E-state index < -0.39 is 0 Å². The van der Waals surface area contributed by atoms with Crippen molar-refractivity contribution in [3.8, 4) is 0 Å². The van der Waals surface area contributed by atoms with Crippen molar-refractivity contribution in [2.24, 2.45) is 0 Å². The first-order chi connectivity index (χ1) is 9.49. The molecule has 0 spiro atoms. The van der Waals surface area contributed by atoms with Crippen LogP contribution in [0.3, 0.4) is 0 Å². The number of fused-ring (bicyclic) bond motifs is 1. The summed E-state index contributed by atoms with van der Waals surface area (Å²) in [5, 5.41) is 6.97. The predicted molar refractivity (Wildman–Crippen MR) is 82.5 cm³/mol. The molecule has 0 saturated heterocycles. The van der Waals surface area contributed by atoms with Gasteiger partial charge < -0.3 is 16.4 Å². The molecular formula is C15H20N4O. The zero-order valence-corrected chi connectivity index (χ0v) is 12.0. The van der Waals surface area contributed by atoms with Crippen LogP contribution in [0, 0.1) is 0 Å². The molecule has 0 fully saturated rings. The Kier molecular flexibility index (Phi) is 4.08. The highest BCUT2D eigenvalue weighted by molar-refractivity contribution is 5.98. The summed E-state index contributed by atoms with van der Waals surface area (Å²) in [4.78, 5) is 16.3. The molecule has 1 aromatic carbocycles. The molecule has 1 amide bonds. The van der Waals surface area contributed by atoms with Crippen molar-refractivity contribution in [1.29, 1.82) is 0 Å². The number of hydrogen-bond acceptors (Lipinski definition) is 4. The number of nitrogens with one attached hydrogen (secondary N) is 2. The fraction of sp³-hybridized carbons (Fsp3) is 0.333. The lowest BCUT2D eigenvalue weighted by Crippen LogP contribution is -2.41. The Labute approximate surface area is 118 Å². The summed E-state index contributed by atoms with van der Waals surface area (Å²) >= 11 is 0. The molecule has 106 valence electrons. The molecule has 2 aromatic rings. The van der Waals surface area contributed by atoms with E-state index in [1.165, 1.54) is 0 Å². The molecule has 2 rings (SSSR count). The Morgan fingerprint density at radius 3 is 2.65 bits per heavy atom. The van der Waals surface area contributed by atoms with E-state index in [1.807, 2.05) is 45.0 Å². The van der Waals surface area contributed by atoms with E-state index >= 15 is 0 Å². The number of nitrogens with two attached hydrogens (primary N) is 1. The van der Waals surface area contributed by atoms with E-state index in [-0.39, 0.29) is 18.0 Å². The lowest BCUT2D eigenvalue weighted by Gasteiger charge is -2.19. The zero-order valence-electron chi connectivity index (χ0n) is 12.0. The van der Waals surface area contributed by atoms with Crippen molar-refractivity contribution in [3.63, 3.8) is 0 Å². The minimum absolute atomic E-state index is 0.0553. The van der Waals surface area contributed by atoms with Crippen molar-refractivity contribution in [2.45, 2.75) is 32.9 Å². The molecule has 0 aliphatic heterocycles. The van der Waals surface area contributed by atoms with Gasteiger partial charge in [-0.1, -0.05) is 18.2 Å². The van der Waals surface area contributed by atoms with E-state index in [4.69, 9.17) is 5.73 Å². The number of hydrogen-bond donors (Lipinski definition) is 3. The van der Waals surface area contributed by atoms with Crippen molar-refractivity contribution in [1.82, 2.24) is 10.3 Å². The van der Waals surface area contributed by atoms with Crippen LogP contribution in [-0.4, -0.2) is 23.0 Å². The molecule has 1 unspecified atom stereocenters. The quantitative estimate of drug-likeness (QED) is 0.796. The van der Waals surface area contributed by atoms with Gasteiger partial charge in [-0.15, -0.1) is 0 Å². The lowest BCUT2D eigenvalue weighted by atomic mass is 10.1. The second-order valence-electron chi connectivity index (χ2n) is 5.14. The summed E-state index contributed by atoms with van der Waals surface area (Å²) < 4.78 is 0. The van der Waals surface area contributed by atoms with Crippen LogP contribution in [-0.2, 0) is 4.79 Å². The number of benzene rings is 1. The first-order valence-corrected chi connectivity index (χ1v) is 6.69. The molecule has 20 heavy (non-hydrogen) atoms. The molecule has 0 saturated carbocycles. The second-order valence-corrected chi connectivity index (χ2v) is 5.14. The molecule has 0 radical (unpaired) electrons. The van der Waals surface area contributed by atoms with Gasteiger partial charge in [0, 0.05) is 11.4 Å². The van der Waals surface area contributed by atoms with Crippen molar-refractivity contribution in [2.75, 3.05) is 11.1 Å². The van der Waals surface area contributed by atoms with Gasteiger partial charge in [-0.3, -0.25) is 9.78 Å². The zero-order chi connectivity index (χ0) is 14.7. The maximum absolute atomic E-state index is 12.0. The highest BCUT2D eigenvalue weighted by Crippen LogP contribution is 2.28. The minimum Gasteiger partial charge on any atom is -0.396 e. The van der Waals surface area contributed by atoms with Gasteiger partial charge in [0.25, 0.3) is 0 Å².